The molecule has 0 N–H and O–H groups in total. The normalized spacial score (nSPS) is 11.4. The van der Waals surface area contributed by atoms with Gasteiger partial charge in [0.1, 0.15) is 5.82 Å². The van der Waals surface area contributed by atoms with E-state index in [0.717, 1.165) is 28.4 Å². The first-order chi connectivity index (χ1) is 9.58. The monoisotopic (exact) mass is 324 g/mol. The van der Waals surface area contributed by atoms with Crippen LogP contribution in [0, 0.1) is 13.8 Å². The van der Waals surface area contributed by atoms with Crippen LogP contribution >= 0.6 is 34.5 Å². The van der Waals surface area contributed by atoms with Crippen LogP contribution in [-0.4, -0.2) is 9.55 Å². The van der Waals surface area contributed by atoms with Gasteiger partial charge < -0.3 is 4.57 Å². The predicted octanol–water partition coefficient (Wildman–Crippen LogP) is 5.16. The maximum atomic E-state index is 6.10. The van der Waals surface area contributed by atoms with Crippen molar-refractivity contribution in [2.75, 3.05) is 0 Å². The smallest absolute Gasteiger partial charge is 0.125 e. The highest BCUT2D eigenvalue weighted by Gasteiger charge is 2.12. The molecule has 0 amide bonds. The number of rotatable bonds is 3. The van der Waals surface area contributed by atoms with E-state index in [1.807, 2.05) is 29.5 Å². The summed E-state index contributed by atoms with van der Waals surface area (Å²) in [5.74, 6) is 1.28. The number of thiophene rings is 1. The standard InChI is InChI=1S/C15H14Cl2N2S/c1-9-5-12(20-10(9)2)8-19-14-6-11(17)3-4-13(14)18-15(19)7-16/h3-6H,7-8H2,1-2H3. The lowest BCUT2D eigenvalue weighted by molar-refractivity contribution is 0.789. The number of aryl methyl sites for hydroxylation is 2. The zero-order chi connectivity index (χ0) is 14.3. The summed E-state index contributed by atoms with van der Waals surface area (Å²) in [7, 11) is 0. The van der Waals surface area contributed by atoms with Gasteiger partial charge in [-0.1, -0.05) is 11.6 Å². The minimum absolute atomic E-state index is 0.398. The average molecular weight is 325 g/mol. The first-order valence-electron chi connectivity index (χ1n) is 6.35. The molecule has 2 nitrogen and oxygen atoms in total. The van der Waals surface area contributed by atoms with Crippen molar-refractivity contribution in [1.82, 2.24) is 9.55 Å². The van der Waals surface area contributed by atoms with E-state index >= 15 is 0 Å². The summed E-state index contributed by atoms with van der Waals surface area (Å²) in [5, 5.41) is 0.721. The van der Waals surface area contributed by atoms with Crippen molar-refractivity contribution in [2.45, 2.75) is 26.3 Å². The predicted molar refractivity (Wildman–Crippen MR) is 87.2 cm³/mol. The van der Waals surface area contributed by atoms with Crippen LogP contribution in [0.2, 0.25) is 5.02 Å². The second kappa shape index (κ2) is 5.40. The van der Waals surface area contributed by atoms with Gasteiger partial charge in [0, 0.05) is 14.8 Å². The van der Waals surface area contributed by atoms with E-state index in [4.69, 9.17) is 23.2 Å². The molecule has 0 aliphatic rings. The lowest BCUT2D eigenvalue weighted by Crippen LogP contribution is -2.02. The van der Waals surface area contributed by atoms with Crippen LogP contribution in [0.5, 0.6) is 0 Å². The maximum absolute atomic E-state index is 6.10. The van der Waals surface area contributed by atoms with Gasteiger partial charge in [-0.25, -0.2) is 4.98 Å². The van der Waals surface area contributed by atoms with Gasteiger partial charge >= 0.3 is 0 Å². The molecule has 0 spiro atoms. The number of halogens is 2. The largest absolute Gasteiger partial charge is 0.322 e. The molecule has 0 radical (unpaired) electrons. The van der Waals surface area contributed by atoms with Crippen LogP contribution in [-0.2, 0) is 12.4 Å². The number of aromatic nitrogens is 2. The van der Waals surface area contributed by atoms with Gasteiger partial charge in [-0.05, 0) is 43.7 Å². The van der Waals surface area contributed by atoms with Crippen molar-refractivity contribution in [3.63, 3.8) is 0 Å². The van der Waals surface area contributed by atoms with Gasteiger partial charge in [0.25, 0.3) is 0 Å². The summed E-state index contributed by atoms with van der Waals surface area (Å²) in [6.45, 7) is 5.08. The van der Waals surface area contributed by atoms with Crippen LogP contribution in [0.1, 0.15) is 21.1 Å². The third-order valence-corrected chi connectivity index (χ3v) is 5.05. The van der Waals surface area contributed by atoms with Crippen LogP contribution in [0.3, 0.4) is 0 Å². The van der Waals surface area contributed by atoms with Gasteiger partial charge in [-0.15, -0.1) is 22.9 Å². The zero-order valence-electron chi connectivity index (χ0n) is 11.3. The van der Waals surface area contributed by atoms with Crippen molar-refractivity contribution < 1.29 is 0 Å². The molecule has 0 bridgehead atoms. The number of fused-ring (bicyclic) bond motifs is 1. The summed E-state index contributed by atoms with van der Waals surface area (Å²) in [6, 6.07) is 7.98. The fourth-order valence-electron chi connectivity index (χ4n) is 2.31. The van der Waals surface area contributed by atoms with Crippen molar-refractivity contribution in [3.05, 3.63) is 50.4 Å². The topological polar surface area (TPSA) is 17.8 Å². The second-order valence-electron chi connectivity index (χ2n) is 4.83. The number of benzene rings is 1. The van der Waals surface area contributed by atoms with E-state index in [1.54, 1.807) is 0 Å². The summed E-state index contributed by atoms with van der Waals surface area (Å²) in [4.78, 5) is 7.24. The van der Waals surface area contributed by atoms with Crippen LogP contribution in [0.15, 0.2) is 24.3 Å². The third kappa shape index (κ3) is 2.46. The van der Waals surface area contributed by atoms with Crippen molar-refractivity contribution in [1.29, 1.82) is 0 Å². The molecule has 0 saturated carbocycles. The van der Waals surface area contributed by atoms with Gasteiger partial charge in [0.2, 0.25) is 0 Å². The Morgan fingerprint density at radius 1 is 1.25 bits per heavy atom. The van der Waals surface area contributed by atoms with Crippen molar-refractivity contribution in [2.24, 2.45) is 0 Å². The number of hydrogen-bond donors (Lipinski definition) is 0. The molecule has 104 valence electrons. The highest BCUT2D eigenvalue weighted by molar-refractivity contribution is 7.12. The number of nitrogens with zero attached hydrogens (tertiary/aromatic N) is 2. The lowest BCUT2D eigenvalue weighted by atomic mass is 10.3. The Hall–Kier alpha value is -1.03. The Bertz CT molecular complexity index is 754. The van der Waals surface area contributed by atoms with Crippen LogP contribution < -0.4 is 0 Å². The van der Waals surface area contributed by atoms with Crippen LogP contribution in [0.25, 0.3) is 11.0 Å². The summed E-state index contributed by atoms with van der Waals surface area (Å²) in [6.07, 6.45) is 0. The molecule has 1 aromatic carbocycles. The summed E-state index contributed by atoms with van der Waals surface area (Å²) >= 11 is 14.0. The highest BCUT2D eigenvalue weighted by atomic mass is 35.5. The molecule has 0 aliphatic carbocycles. The number of alkyl halides is 1. The molecule has 5 heteroatoms. The Morgan fingerprint density at radius 3 is 2.70 bits per heavy atom. The molecule has 2 heterocycles. The van der Waals surface area contributed by atoms with E-state index in [0.29, 0.717) is 5.88 Å². The highest BCUT2D eigenvalue weighted by Crippen LogP contribution is 2.26. The molecule has 3 aromatic rings. The minimum Gasteiger partial charge on any atom is -0.322 e. The SMILES string of the molecule is Cc1cc(Cn2c(CCl)nc3ccc(Cl)cc32)sc1C. The molecule has 0 atom stereocenters. The van der Waals surface area contributed by atoms with E-state index in [-0.39, 0.29) is 0 Å². The van der Waals surface area contributed by atoms with Gasteiger partial charge in [0.15, 0.2) is 0 Å². The molecule has 3 rings (SSSR count). The van der Waals surface area contributed by atoms with Crippen molar-refractivity contribution in [3.8, 4) is 0 Å². The molecule has 0 unspecified atom stereocenters. The Morgan fingerprint density at radius 2 is 2.05 bits per heavy atom. The van der Waals surface area contributed by atoms with Crippen molar-refractivity contribution >= 4 is 45.6 Å². The number of imidazole rings is 1. The third-order valence-electron chi connectivity index (χ3n) is 3.44. The molecule has 20 heavy (non-hydrogen) atoms. The first kappa shape index (κ1) is 13.9. The van der Waals surface area contributed by atoms with E-state index in [9.17, 15) is 0 Å². The number of hydrogen-bond acceptors (Lipinski definition) is 2. The first-order valence-corrected chi connectivity index (χ1v) is 8.08. The Labute approximate surface area is 132 Å². The maximum Gasteiger partial charge on any atom is 0.125 e. The zero-order valence-corrected chi connectivity index (χ0v) is 13.6. The van der Waals surface area contributed by atoms with Gasteiger partial charge in [-0.3, -0.25) is 0 Å². The van der Waals surface area contributed by atoms with Crippen LogP contribution in [0.4, 0.5) is 0 Å². The second-order valence-corrected chi connectivity index (χ2v) is 6.88. The summed E-state index contributed by atoms with van der Waals surface area (Å²) in [5.41, 5.74) is 3.31. The fraction of sp³-hybridized carbons (Fsp3) is 0.267. The minimum atomic E-state index is 0.398. The van der Waals surface area contributed by atoms with E-state index in [1.165, 1.54) is 15.3 Å². The molecule has 2 aromatic heterocycles. The Balaban J connectivity index is 2.11. The molecular weight excluding hydrogens is 311 g/mol. The Kier molecular flexibility index (Phi) is 3.76. The molecule has 0 saturated heterocycles. The van der Waals surface area contributed by atoms with E-state index < -0.39 is 0 Å². The fourth-order valence-corrected chi connectivity index (χ4v) is 3.72. The quantitative estimate of drug-likeness (QED) is 0.609. The summed E-state index contributed by atoms with van der Waals surface area (Å²) < 4.78 is 2.15. The molecule has 0 aliphatic heterocycles. The van der Waals surface area contributed by atoms with E-state index in [2.05, 4.69) is 29.5 Å². The lowest BCUT2D eigenvalue weighted by Gasteiger charge is -2.06. The average Bonchev–Trinajstić information content (AvgIpc) is 2.91. The molecular formula is C15H14Cl2N2S. The molecule has 0 fully saturated rings. The van der Waals surface area contributed by atoms with Gasteiger partial charge in [-0.2, -0.15) is 0 Å². The van der Waals surface area contributed by atoms with Gasteiger partial charge in [0.05, 0.1) is 23.5 Å².